The zero-order valence-corrected chi connectivity index (χ0v) is 11.7. The van der Waals surface area contributed by atoms with Crippen molar-refractivity contribution in [1.29, 1.82) is 0 Å². The second-order valence-electron chi connectivity index (χ2n) is 3.86. The van der Waals surface area contributed by atoms with Crippen LogP contribution in [0.2, 0.25) is 0 Å². The van der Waals surface area contributed by atoms with Crippen LogP contribution in [0.5, 0.6) is 0 Å². The topological polar surface area (TPSA) is 52.0 Å². The van der Waals surface area contributed by atoms with Crippen molar-refractivity contribution in [3.63, 3.8) is 0 Å². The summed E-state index contributed by atoms with van der Waals surface area (Å²) in [5, 5.41) is 0. The fraction of sp³-hybridized carbons (Fsp3) is 0.167. The summed E-state index contributed by atoms with van der Waals surface area (Å²) in [6, 6.07) is 5.75. The number of rotatable bonds is 1. The van der Waals surface area contributed by atoms with Crippen LogP contribution in [0.3, 0.4) is 0 Å². The Bertz CT molecular complexity index is 448. The first-order valence-corrected chi connectivity index (χ1v) is 6.48. The molecule has 2 nitrogen and oxygen atoms in total. The molecule has 2 rings (SSSR count). The van der Waals surface area contributed by atoms with Crippen molar-refractivity contribution in [2.24, 2.45) is 11.5 Å². The molecule has 1 aliphatic rings. The third-order valence-electron chi connectivity index (χ3n) is 2.72. The van der Waals surface area contributed by atoms with Crippen LogP contribution in [0, 0.1) is 0 Å². The molecular weight excluding hydrogens is 332 g/mol. The highest BCUT2D eigenvalue weighted by atomic mass is 79.9. The monoisotopic (exact) mass is 342 g/mol. The molecule has 4 N–H and O–H groups in total. The van der Waals surface area contributed by atoms with E-state index in [2.05, 4.69) is 31.9 Å². The minimum absolute atomic E-state index is 0.210. The Morgan fingerprint density at radius 2 is 1.69 bits per heavy atom. The van der Waals surface area contributed by atoms with Gasteiger partial charge in [0.15, 0.2) is 0 Å². The van der Waals surface area contributed by atoms with Crippen molar-refractivity contribution >= 4 is 31.9 Å². The summed E-state index contributed by atoms with van der Waals surface area (Å²) in [5.41, 5.74) is 12.8. The van der Waals surface area contributed by atoms with Crippen LogP contribution < -0.4 is 11.5 Å². The summed E-state index contributed by atoms with van der Waals surface area (Å²) in [5.74, 6) is 0. The molecule has 1 aromatic rings. The van der Waals surface area contributed by atoms with Crippen LogP contribution in [-0.4, -0.2) is 6.04 Å². The molecule has 0 saturated heterocycles. The number of hydrogen-bond acceptors (Lipinski definition) is 2. The van der Waals surface area contributed by atoms with E-state index in [-0.39, 0.29) is 6.04 Å². The first-order chi connectivity index (χ1) is 7.52. The summed E-state index contributed by atoms with van der Waals surface area (Å²) < 4.78 is 1.97. The van der Waals surface area contributed by atoms with Crippen molar-refractivity contribution < 1.29 is 0 Å². The molecule has 84 valence electrons. The van der Waals surface area contributed by atoms with Gasteiger partial charge in [0.05, 0.1) is 5.54 Å². The number of nitrogens with two attached hydrogens (primary N) is 2. The molecular formula is C12H12Br2N2. The average Bonchev–Trinajstić information content (AvgIpc) is 2.21. The largest absolute Gasteiger partial charge is 0.322 e. The van der Waals surface area contributed by atoms with Gasteiger partial charge in [0, 0.05) is 15.0 Å². The van der Waals surface area contributed by atoms with Crippen LogP contribution in [-0.2, 0) is 5.54 Å². The lowest BCUT2D eigenvalue weighted by atomic mass is 9.81. The number of halogens is 2. The Labute approximate surface area is 112 Å². The lowest BCUT2D eigenvalue weighted by molar-refractivity contribution is 0.492. The normalized spacial score (nSPS) is 28.4. The second-order valence-corrected chi connectivity index (χ2v) is 5.69. The standard InChI is InChI=1S/C12H12Br2N2/c13-9-5-8(6-10(14)7-9)12(16)4-2-1-3-11(12)15/h1-7,11H,15-16H2. The predicted molar refractivity (Wildman–Crippen MR) is 74.0 cm³/mol. The van der Waals surface area contributed by atoms with Gasteiger partial charge < -0.3 is 11.5 Å². The molecule has 1 aliphatic carbocycles. The zero-order valence-electron chi connectivity index (χ0n) is 8.53. The van der Waals surface area contributed by atoms with Crippen LogP contribution in [0.4, 0.5) is 0 Å². The molecule has 16 heavy (non-hydrogen) atoms. The summed E-state index contributed by atoms with van der Waals surface area (Å²) in [6.07, 6.45) is 7.70. The minimum atomic E-state index is -0.638. The fourth-order valence-corrected chi connectivity index (χ4v) is 3.06. The van der Waals surface area contributed by atoms with Gasteiger partial charge in [-0.15, -0.1) is 0 Å². The lowest BCUT2D eigenvalue weighted by Gasteiger charge is -2.33. The Kier molecular flexibility index (Phi) is 3.35. The molecule has 0 bridgehead atoms. The third-order valence-corrected chi connectivity index (χ3v) is 3.63. The van der Waals surface area contributed by atoms with Gasteiger partial charge in [-0.2, -0.15) is 0 Å². The van der Waals surface area contributed by atoms with Gasteiger partial charge in [0.1, 0.15) is 0 Å². The van der Waals surface area contributed by atoms with Crippen LogP contribution >= 0.6 is 31.9 Å². The molecule has 0 aliphatic heterocycles. The van der Waals surface area contributed by atoms with Crippen molar-refractivity contribution in [2.75, 3.05) is 0 Å². The Balaban J connectivity index is 2.50. The lowest BCUT2D eigenvalue weighted by Crippen LogP contribution is -2.50. The van der Waals surface area contributed by atoms with E-state index in [0.717, 1.165) is 14.5 Å². The first kappa shape index (κ1) is 12.0. The smallest absolute Gasteiger partial charge is 0.0789 e. The van der Waals surface area contributed by atoms with E-state index >= 15 is 0 Å². The third kappa shape index (κ3) is 2.15. The van der Waals surface area contributed by atoms with E-state index in [1.807, 2.05) is 42.5 Å². The average molecular weight is 344 g/mol. The summed E-state index contributed by atoms with van der Waals surface area (Å²) in [6.45, 7) is 0. The van der Waals surface area contributed by atoms with Gasteiger partial charge in [-0.25, -0.2) is 0 Å². The fourth-order valence-electron chi connectivity index (χ4n) is 1.76. The van der Waals surface area contributed by atoms with Crippen LogP contribution in [0.15, 0.2) is 51.4 Å². The van der Waals surface area contributed by atoms with E-state index in [1.165, 1.54) is 0 Å². The van der Waals surface area contributed by atoms with Crippen molar-refractivity contribution in [3.8, 4) is 0 Å². The molecule has 0 fully saturated rings. The molecule has 0 aromatic heterocycles. The van der Waals surface area contributed by atoms with E-state index in [4.69, 9.17) is 11.5 Å². The predicted octanol–water partition coefficient (Wildman–Crippen LogP) is 2.82. The van der Waals surface area contributed by atoms with Gasteiger partial charge in [-0.3, -0.25) is 0 Å². The summed E-state index contributed by atoms with van der Waals surface area (Å²) in [7, 11) is 0. The molecule has 2 atom stereocenters. The van der Waals surface area contributed by atoms with E-state index in [1.54, 1.807) is 0 Å². The molecule has 0 heterocycles. The summed E-state index contributed by atoms with van der Waals surface area (Å²) >= 11 is 6.91. The molecule has 0 amide bonds. The highest BCUT2D eigenvalue weighted by Gasteiger charge is 2.31. The molecule has 2 unspecified atom stereocenters. The van der Waals surface area contributed by atoms with E-state index < -0.39 is 5.54 Å². The minimum Gasteiger partial charge on any atom is -0.322 e. The quantitative estimate of drug-likeness (QED) is 0.823. The van der Waals surface area contributed by atoms with Crippen LogP contribution in [0.1, 0.15) is 5.56 Å². The van der Waals surface area contributed by atoms with Crippen molar-refractivity contribution in [1.82, 2.24) is 0 Å². The maximum Gasteiger partial charge on any atom is 0.0789 e. The van der Waals surface area contributed by atoms with Gasteiger partial charge >= 0.3 is 0 Å². The van der Waals surface area contributed by atoms with Crippen molar-refractivity contribution in [2.45, 2.75) is 11.6 Å². The van der Waals surface area contributed by atoms with E-state index in [9.17, 15) is 0 Å². The summed E-state index contributed by atoms with van der Waals surface area (Å²) in [4.78, 5) is 0. The maximum absolute atomic E-state index is 6.36. The maximum atomic E-state index is 6.36. The number of benzene rings is 1. The molecule has 1 aromatic carbocycles. The van der Waals surface area contributed by atoms with Gasteiger partial charge in [0.2, 0.25) is 0 Å². The SMILES string of the molecule is NC1C=CC=CC1(N)c1cc(Br)cc(Br)c1. The zero-order chi connectivity index (χ0) is 11.8. The highest BCUT2D eigenvalue weighted by Crippen LogP contribution is 2.31. The number of allylic oxidation sites excluding steroid dienone is 2. The highest BCUT2D eigenvalue weighted by molar-refractivity contribution is 9.11. The molecule has 0 spiro atoms. The molecule has 0 saturated carbocycles. The van der Waals surface area contributed by atoms with Gasteiger partial charge in [0.25, 0.3) is 0 Å². The van der Waals surface area contributed by atoms with Crippen LogP contribution in [0.25, 0.3) is 0 Å². The molecule has 0 radical (unpaired) electrons. The Morgan fingerprint density at radius 1 is 1.06 bits per heavy atom. The number of hydrogen-bond donors (Lipinski definition) is 2. The van der Waals surface area contributed by atoms with E-state index in [0.29, 0.717) is 0 Å². The molecule has 4 heteroatoms. The van der Waals surface area contributed by atoms with Gasteiger partial charge in [-0.1, -0.05) is 56.2 Å². The second kappa shape index (κ2) is 4.45. The first-order valence-electron chi connectivity index (χ1n) is 4.89. The Morgan fingerprint density at radius 3 is 2.25 bits per heavy atom. The van der Waals surface area contributed by atoms with Crippen molar-refractivity contribution in [3.05, 3.63) is 57.0 Å². The van der Waals surface area contributed by atoms with Gasteiger partial charge in [-0.05, 0) is 23.8 Å². The Hall–Kier alpha value is -0.420.